The predicted octanol–water partition coefficient (Wildman–Crippen LogP) is 5.07. The van der Waals surface area contributed by atoms with Crippen LogP contribution in [0.1, 0.15) is 49.1 Å². The van der Waals surface area contributed by atoms with Crippen LogP contribution in [0.4, 0.5) is 4.79 Å². The summed E-state index contributed by atoms with van der Waals surface area (Å²) in [6, 6.07) is 20.4. The Balaban J connectivity index is 1.56. The molecule has 0 aromatic heterocycles. The number of hydrogen-bond donors (Lipinski definition) is 1. The summed E-state index contributed by atoms with van der Waals surface area (Å²) >= 11 is 0. The van der Waals surface area contributed by atoms with E-state index < -0.39 is 11.6 Å². The maximum atomic E-state index is 12.5. The molecule has 2 aromatic carbocycles. The van der Waals surface area contributed by atoms with Crippen LogP contribution in [-0.2, 0) is 4.74 Å². The highest BCUT2D eigenvalue weighted by Gasteiger charge is 2.43. The molecule has 0 spiro atoms. The standard InChI is InChI=1S/C23H26N4O2/c28-22(25-20-14-8-3-9-15-20)29-17-23(16-24-27-26-23)21(18-10-4-1-5-11-18)19-12-6-2-7-13-19/h1-2,4-7,10-13,16,20-21H,3,8-9,14-15,17H2,(H,25,28). The van der Waals surface area contributed by atoms with Crippen molar-refractivity contribution in [3.05, 3.63) is 71.8 Å². The maximum Gasteiger partial charge on any atom is 0.407 e. The van der Waals surface area contributed by atoms with Crippen molar-refractivity contribution in [1.82, 2.24) is 5.32 Å². The summed E-state index contributed by atoms with van der Waals surface area (Å²) in [7, 11) is 0. The minimum Gasteiger partial charge on any atom is -0.446 e. The molecular weight excluding hydrogens is 364 g/mol. The summed E-state index contributed by atoms with van der Waals surface area (Å²) in [6.07, 6.45) is 6.87. The zero-order valence-corrected chi connectivity index (χ0v) is 16.4. The van der Waals surface area contributed by atoms with Gasteiger partial charge in [-0.15, -0.1) is 5.10 Å². The lowest BCUT2D eigenvalue weighted by atomic mass is 9.76. The van der Waals surface area contributed by atoms with Gasteiger partial charge in [-0.1, -0.05) is 79.9 Å². The van der Waals surface area contributed by atoms with Crippen molar-refractivity contribution in [3.63, 3.8) is 0 Å². The lowest BCUT2D eigenvalue weighted by molar-refractivity contribution is 0.122. The van der Waals surface area contributed by atoms with Crippen molar-refractivity contribution < 1.29 is 9.53 Å². The number of nitrogens with zero attached hydrogens (tertiary/aromatic N) is 3. The summed E-state index contributed by atoms with van der Waals surface area (Å²) < 4.78 is 5.66. The lowest BCUT2D eigenvalue weighted by Crippen LogP contribution is -2.44. The van der Waals surface area contributed by atoms with Crippen molar-refractivity contribution in [2.24, 2.45) is 15.4 Å². The average molecular weight is 390 g/mol. The van der Waals surface area contributed by atoms with E-state index in [-0.39, 0.29) is 18.6 Å². The van der Waals surface area contributed by atoms with Gasteiger partial charge in [0.05, 0.1) is 6.21 Å². The van der Waals surface area contributed by atoms with E-state index in [0.717, 1.165) is 36.8 Å². The Kier molecular flexibility index (Phi) is 5.98. The molecule has 1 aliphatic carbocycles. The molecule has 1 aliphatic heterocycles. The van der Waals surface area contributed by atoms with E-state index in [1.807, 2.05) is 36.4 Å². The first-order valence-corrected chi connectivity index (χ1v) is 10.3. The van der Waals surface area contributed by atoms with Crippen molar-refractivity contribution in [2.45, 2.75) is 49.6 Å². The van der Waals surface area contributed by atoms with Gasteiger partial charge in [-0.25, -0.2) is 4.79 Å². The van der Waals surface area contributed by atoms with E-state index in [1.165, 1.54) is 6.42 Å². The Hall–Kier alpha value is -3.02. The van der Waals surface area contributed by atoms with Gasteiger partial charge in [-0.05, 0) is 29.2 Å². The number of hydrogen-bond acceptors (Lipinski definition) is 5. The summed E-state index contributed by atoms with van der Waals surface area (Å²) in [6.45, 7) is 0.0764. The molecule has 0 radical (unpaired) electrons. The number of alkyl carbamates (subject to hydrolysis) is 1. The number of rotatable bonds is 6. The summed E-state index contributed by atoms with van der Waals surface area (Å²) in [4.78, 5) is 12.5. The number of carbonyl (C=O) groups excluding carboxylic acids is 1. The second-order valence-electron chi connectivity index (χ2n) is 7.74. The van der Waals surface area contributed by atoms with Gasteiger partial charge >= 0.3 is 6.09 Å². The summed E-state index contributed by atoms with van der Waals surface area (Å²) in [5.41, 5.74) is 1.27. The van der Waals surface area contributed by atoms with Gasteiger partial charge in [-0.2, -0.15) is 5.11 Å². The van der Waals surface area contributed by atoms with Gasteiger partial charge < -0.3 is 10.1 Å². The van der Waals surface area contributed by atoms with Gasteiger partial charge in [0.25, 0.3) is 0 Å². The van der Waals surface area contributed by atoms with Crippen LogP contribution in [0.15, 0.2) is 76.1 Å². The molecule has 29 heavy (non-hydrogen) atoms. The Morgan fingerprint density at radius 2 is 1.62 bits per heavy atom. The van der Waals surface area contributed by atoms with Crippen molar-refractivity contribution in [3.8, 4) is 0 Å². The van der Waals surface area contributed by atoms with E-state index in [1.54, 1.807) is 6.21 Å². The first kappa shape index (κ1) is 19.3. The minimum absolute atomic E-state index is 0.0764. The Labute approximate surface area is 171 Å². The SMILES string of the molecule is O=C(NC1CCCCC1)OCC1(C(c2ccccc2)c2ccccc2)C=NN=N1. The molecule has 1 fully saturated rings. The predicted molar refractivity (Wildman–Crippen MR) is 112 cm³/mol. The minimum atomic E-state index is -0.868. The van der Waals surface area contributed by atoms with Crippen LogP contribution in [-0.4, -0.2) is 30.5 Å². The Morgan fingerprint density at radius 1 is 1.00 bits per heavy atom. The van der Waals surface area contributed by atoms with Crippen LogP contribution in [0, 0.1) is 0 Å². The molecule has 2 aliphatic rings. The third kappa shape index (κ3) is 4.53. The Bertz CT molecular complexity index is 809. The Morgan fingerprint density at radius 3 is 2.17 bits per heavy atom. The van der Waals surface area contributed by atoms with Crippen molar-refractivity contribution in [1.29, 1.82) is 0 Å². The molecule has 1 atom stereocenters. The van der Waals surface area contributed by atoms with Gasteiger partial charge in [0.2, 0.25) is 0 Å². The highest BCUT2D eigenvalue weighted by atomic mass is 16.5. The van der Waals surface area contributed by atoms with Crippen molar-refractivity contribution >= 4 is 12.3 Å². The quantitative estimate of drug-likeness (QED) is 0.748. The topological polar surface area (TPSA) is 75.4 Å². The van der Waals surface area contributed by atoms with E-state index in [0.29, 0.717) is 0 Å². The zero-order chi connectivity index (χ0) is 19.9. The fourth-order valence-corrected chi connectivity index (χ4v) is 4.24. The molecule has 1 saturated carbocycles. The molecular formula is C23H26N4O2. The molecule has 4 rings (SSSR count). The molecule has 0 bridgehead atoms. The fraction of sp³-hybridized carbons (Fsp3) is 0.391. The van der Waals surface area contributed by atoms with Gasteiger partial charge in [0, 0.05) is 12.0 Å². The highest BCUT2D eigenvalue weighted by Crippen LogP contribution is 2.39. The molecule has 6 nitrogen and oxygen atoms in total. The number of carbonyl (C=O) groups is 1. The summed E-state index contributed by atoms with van der Waals surface area (Å²) in [5, 5.41) is 15.3. The molecule has 6 heteroatoms. The van der Waals surface area contributed by atoms with E-state index in [2.05, 4.69) is 45.0 Å². The number of amides is 1. The largest absolute Gasteiger partial charge is 0.446 e. The van der Waals surface area contributed by atoms with Crippen LogP contribution >= 0.6 is 0 Å². The average Bonchev–Trinajstić information content (AvgIpc) is 3.24. The number of ether oxygens (including phenoxy) is 1. The molecule has 150 valence electrons. The van der Waals surface area contributed by atoms with Gasteiger partial charge in [0.15, 0.2) is 5.54 Å². The van der Waals surface area contributed by atoms with Crippen LogP contribution in [0.3, 0.4) is 0 Å². The zero-order valence-electron chi connectivity index (χ0n) is 16.4. The first-order valence-electron chi connectivity index (χ1n) is 10.3. The molecule has 1 heterocycles. The van der Waals surface area contributed by atoms with Gasteiger partial charge in [0.1, 0.15) is 6.61 Å². The van der Waals surface area contributed by atoms with Crippen LogP contribution in [0.2, 0.25) is 0 Å². The molecule has 0 saturated heterocycles. The normalized spacial score (nSPS) is 21.4. The van der Waals surface area contributed by atoms with Crippen molar-refractivity contribution in [2.75, 3.05) is 6.61 Å². The van der Waals surface area contributed by atoms with E-state index in [4.69, 9.17) is 4.74 Å². The third-order valence-electron chi connectivity index (χ3n) is 5.69. The molecule has 1 unspecified atom stereocenters. The van der Waals surface area contributed by atoms with Crippen LogP contribution in [0.5, 0.6) is 0 Å². The molecule has 2 aromatic rings. The van der Waals surface area contributed by atoms with E-state index >= 15 is 0 Å². The van der Waals surface area contributed by atoms with E-state index in [9.17, 15) is 4.79 Å². The second kappa shape index (κ2) is 8.99. The highest BCUT2D eigenvalue weighted by molar-refractivity contribution is 5.76. The first-order chi connectivity index (χ1) is 14.3. The van der Waals surface area contributed by atoms with Gasteiger partial charge in [-0.3, -0.25) is 0 Å². The van der Waals surface area contributed by atoms with Crippen LogP contribution < -0.4 is 5.32 Å². The number of nitrogens with one attached hydrogen (secondary N) is 1. The third-order valence-corrected chi connectivity index (χ3v) is 5.69. The maximum absolute atomic E-state index is 12.5. The lowest BCUT2D eigenvalue weighted by Gasteiger charge is -2.32. The molecule has 1 amide bonds. The summed E-state index contributed by atoms with van der Waals surface area (Å²) in [5.74, 6) is -0.164. The molecule has 1 N–H and O–H groups in total. The smallest absolute Gasteiger partial charge is 0.407 e. The fourth-order valence-electron chi connectivity index (χ4n) is 4.24. The van der Waals surface area contributed by atoms with Crippen LogP contribution in [0.25, 0.3) is 0 Å². The number of benzene rings is 2. The second-order valence-corrected chi connectivity index (χ2v) is 7.74. The monoisotopic (exact) mass is 390 g/mol.